The number of benzene rings is 3. The monoisotopic (exact) mass is 623 g/mol. The fourth-order valence-corrected chi connectivity index (χ4v) is 5.37. The number of ether oxygens (including phenoxy) is 3. The summed E-state index contributed by atoms with van der Waals surface area (Å²) in [5.41, 5.74) is 5.53. The molecule has 9 heteroatoms. The van der Waals surface area contributed by atoms with Crippen LogP contribution in [0.4, 0.5) is 0 Å². The molecule has 0 saturated carbocycles. The lowest BCUT2D eigenvalue weighted by atomic mass is 9.96. The summed E-state index contributed by atoms with van der Waals surface area (Å²) in [6, 6.07) is 20.9. The van der Waals surface area contributed by atoms with E-state index in [9.17, 15) is 9.90 Å². The van der Waals surface area contributed by atoms with Gasteiger partial charge in [0, 0.05) is 43.7 Å². The van der Waals surface area contributed by atoms with E-state index in [0.717, 1.165) is 54.1 Å². The third-order valence-electron chi connectivity index (χ3n) is 7.61. The van der Waals surface area contributed by atoms with E-state index in [2.05, 4.69) is 41.1 Å². The summed E-state index contributed by atoms with van der Waals surface area (Å²) in [6.07, 6.45) is 8.46. The number of aromatic nitrogens is 1. The second-order valence-corrected chi connectivity index (χ2v) is 11.2. The van der Waals surface area contributed by atoms with Crippen LogP contribution in [0.3, 0.4) is 0 Å². The third-order valence-corrected chi connectivity index (χ3v) is 7.90. The fourth-order valence-electron chi connectivity index (χ4n) is 5.14. The molecule has 8 nitrogen and oxygen atoms in total. The van der Waals surface area contributed by atoms with Crippen LogP contribution in [-0.2, 0) is 13.2 Å². The smallest absolute Gasteiger partial charge is 0.153 e. The lowest BCUT2D eigenvalue weighted by Gasteiger charge is -2.16. The van der Waals surface area contributed by atoms with Crippen molar-refractivity contribution in [2.45, 2.75) is 32.7 Å². The van der Waals surface area contributed by atoms with Gasteiger partial charge in [-0.3, -0.25) is 14.7 Å². The number of carbonyl (C=O) groups is 1. The van der Waals surface area contributed by atoms with Crippen molar-refractivity contribution in [2.75, 3.05) is 26.2 Å². The molecule has 0 radical (unpaired) electrons. The van der Waals surface area contributed by atoms with E-state index in [-0.39, 0.29) is 19.3 Å². The highest BCUT2D eigenvalue weighted by atomic mass is 35.5. The van der Waals surface area contributed by atoms with Crippen molar-refractivity contribution in [3.8, 4) is 34.4 Å². The predicted octanol–water partition coefficient (Wildman–Crippen LogP) is 6.55. The zero-order valence-corrected chi connectivity index (χ0v) is 25.7. The Kier molecular flexibility index (Phi) is 10.8. The molecule has 1 N–H and O–H groups in total. The first-order valence-corrected chi connectivity index (χ1v) is 15.1. The van der Waals surface area contributed by atoms with Crippen LogP contribution in [0.5, 0.6) is 17.2 Å². The Bertz CT molecular complexity index is 1720. The molecule has 0 bridgehead atoms. The van der Waals surface area contributed by atoms with Crippen molar-refractivity contribution < 1.29 is 24.1 Å². The minimum Gasteiger partial charge on any atom is -0.490 e. The van der Waals surface area contributed by atoms with E-state index in [1.54, 1.807) is 18.3 Å². The van der Waals surface area contributed by atoms with Gasteiger partial charge in [-0.2, -0.15) is 5.26 Å². The van der Waals surface area contributed by atoms with Crippen molar-refractivity contribution in [1.82, 2.24) is 9.88 Å². The molecule has 1 aliphatic heterocycles. The van der Waals surface area contributed by atoms with Crippen molar-refractivity contribution in [3.63, 3.8) is 0 Å². The highest BCUT2D eigenvalue weighted by Crippen LogP contribution is 2.34. The lowest BCUT2D eigenvalue weighted by molar-refractivity contribution is 0.111. The third kappa shape index (κ3) is 8.49. The van der Waals surface area contributed by atoms with E-state index in [4.69, 9.17) is 31.1 Å². The Morgan fingerprint density at radius 3 is 2.69 bits per heavy atom. The molecule has 1 fully saturated rings. The summed E-state index contributed by atoms with van der Waals surface area (Å²) in [6.45, 7) is 5.34. The highest BCUT2D eigenvalue weighted by Gasteiger charge is 2.18. The maximum Gasteiger partial charge on any atom is 0.153 e. The number of pyridine rings is 1. The van der Waals surface area contributed by atoms with Crippen LogP contribution < -0.4 is 14.2 Å². The lowest BCUT2D eigenvalue weighted by Crippen LogP contribution is -2.22. The van der Waals surface area contributed by atoms with Crippen LogP contribution in [0.2, 0.25) is 5.02 Å². The van der Waals surface area contributed by atoms with Crippen molar-refractivity contribution in [2.24, 2.45) is 0 Å². The second-order valence-electron chi connectivity index (χ2n) is 10.8. The van der Waals surface area contributed by atoms with E-state index in [1.807, 2.05) is 36.4 Å². The molecule has 0 amide bonds. The average molecular weight is 624 g/mol. The zero-order chi connectivity index (χ0) is 31.6. The first-order valence-electron chi connectivity index (χ1n) is 14.7. The Balaban J connectivity index is 1.23. The number of halogens is 1. The number of aldehydes is 1. The van der Waals surface area contributed by atoms with Crippen LogP contribution >= 0.6 is 11.6 Å². The van der Waals surface area contributed by atoms with Crippen molar-refractivity contribution >= 4 is 17.9 Å². The van der Waals surface area contributed by atoms with Gasteiger partial charge in [0.2, 0.25) is 0 Å². The quantitative estimate of drug-likeness (QED) is 0.132. The number of rotatable bonds is 13. The molecular formula is C36H34ClN3O5. The van der Waals surface area contributed by atoms with E-state index in [0.29, 0.717) is 46.1 Å². The largest absolute Gasteiger partial charge is 0.490 e. The Hall–Kier alpha value is -4.68. The summed E-state index contributed by atoms with van der Waals surface area (Å²) < 4.78 is 18.0. The summed E-state index contributed by atoms with van der Waals surface area (Å²) >= 11 is 6.47. The van der Waals surface area contributed by atoms with E-state index < -0.39 is 0 Å². The van der Waals surface area contributed by atoms with E-state index >= 15 is 0 Å². The number of hydrogen-bond donors (Lipinski definition) is 1. The van der Waals surface area contributed by atoms with Gasteiger partial charge in [-0.15, -0.1) is 0 Å². The first kappa shape index (κ1) is 31.7. The molecule has 3 aromatic carbocycles. The van der Waals surface area contributed by atoms with Gasteiger partial charge in [0.25, 0.3) is 0 Å². The molecule has 1 saturated heterocycles. The van der Waals surface area contributed by atoms with Crippen LogP contribution in [0, 0.1) is 18.3 Å². The summed E-state index contributed by atoms with van der Waals surface area (Å²) in [4.78, 5) is 18.0. The Labute approximate surface area is 268 Å². The van der Waals surface area contributed by atoms with Gasteiger partial charge in [0.1, 0.15) is 43.1 Å². The van der Waals surface area contributed by atoms with Gasteiger partial charge >= 0.3 is 0 Å². The van der Waals surface area contributed by atoms with Crippen molar-refractivity contribution in [3.05, 3.63) is 118 Å². The fraction of sp³-hybridized carbons (Fsp3) is 0.250. The highest BCUT2D eigenvalue weighted by molar-refractivity contribution is 6.32. The Morgan fingerprint density at radius 2 is 1.89 bits per heavy atom. The zero-order valence-electron chi connectivity index (χ0n) is 25.0. The Morgan fingerprint density at radius 1 is 1.04 bits per heavy atom. The summed E-state index contributed by atoms with van der Waals surface area (Å²) in [5.74, 6) is 1.48. The number of likely N-dealkylation sites (tertiary alicyclic amines) is 1. The van der Waals surface area contributed by atoms with Crippen LogP contribution in [0.25, 0.3) is 11.1 Å². The maximum absolute atomic E-state index is 11.7. The number of aliphatic hydroxyl groups excluding tert-OH is 1. The number of hydrogen-bond acceptors (Lipinski definition) is 8. The molecular weight excluding hydrogens is 590 g/mol. The van der Waals surface area contributed by atoms with Gasteiger partial charge in [-0.05, 0) is 59.9 Å². The molecule has 5 rings (SSSR count). The molecule has 4 aromatic rings. The molecule has 45 heavy (non-hydrogen) atoms. The van der Waals surface area contributed by atoms with Crippen LogP contribution in [-0.4, -0.2) is 53.6 Å². The SMILES string of the molecule is Cc1c(COc2cc(OCc3cncc(C#N)c3)c(C=O)cc2Cl)cccc1-c1cccc(OCC=CCN2CC[C@@H](O)C2)c1. The minimum atomic E-state index is -0.212. The van der Waals surface area contributed by atoms with Gasteiger partial charge in [0.05, 0.1) is 22.3 Å². The summed E-state index contributed by atoms with van der Waals surface area (Å²) in [7, 11) is 0. The van der Waals surface area contributed by atoms with Gasteiger partial charge in [-0.25, -0.2) is 0 Å². The number of nitriles is 1. The molecule has 1 aromatic heterocycles. The maximum atomic E-state index is 11.7. The number of aliphatic hydroxyl groups is 1. The molecule has 230 valence electrons. The average Bonchev–Trinajstić information content (AvgIpc) is 3.48. The standard InChI is InChI=1S/C36H34ClN3O5/c1-25-29(24-45-36-17-35(30(22-41)16-34(36)37)44-23-27-14-26(18-38)19-39-20-27)7-5-9-33(25)28-6-4-8-32(15-28)43-13-3-2-11-40-12-10-31(42)21-40/h2-9,14-17,19-20,22,31,42H,10-13,21,23-24H2,1H3/t31-/m1/s1. The molecule has 1 aliphatic rings. The predicted molar refractivity (Wildman–Crippen MR) is 173 cm³/mol. The van der Waals surface area contributed by atoms with Gasteiger partial charge in [-0.1, -0.05) is 54.1 Å². The van der Waals surface area contributed by atoms with Gasteiger partial charge < -0.3 is 19.3 Å². The molecule has 0 unspecified atom stereocenters. The molecule has 0 spiro atoms. The number of nitrogens with zero attached hydrogens (tertiary/aromatic N) is 3. The molecule has 1 atom stereocenters. The van der Waals surface area contributed by atoms with Crippen LogP contribution in [0.1, 0.15) is 39.0 Å². The number of carbonyl (C=O) groups excluding carboxylic acids is 1. The van der Waals surface area contributed by atoms with Crippen LogP contribution in [0.15, 0.2) is 85.2 Å². The molecule has 0 aliphatic carbocycles. The van der Waals surface area contributed by atoms with E-state index in [1.165, 1.54) is 12.3 Å². The number of β-amino-alcohol motifs (C(OH)–C–C–N with tert-alkyl or cyclic N) is 1. The minimum absolute atomic E-state index is 0.119. The first-order chi connectivity index (χ1) is 21.9. The topological polar surface area (TPSA) is 105 Å². The van der Waals surface area contributed by atoms with Crippen molar-refractivity contribution in [1.29, 1.82) is 5.26 Å². The second kappa shape index (κ2) is 15.4. The molecule has 2 heterocycles. The normalized spacial score (nSPS) is 14.8. The summed E-state index contributed by atoms with van der Waals surface area (Å²) in [5, 5.41) is 19.1. The van der Waals surface area contributed by atoms with Gasteiger partial charge in [0.15, 0.2) is 6.29 Å².